The van der Waals surface area contributed by atoms with Gasteiger partial charge in [-0.2, -0.15) is 0 Å². The van der Waals surface area contributed by atoms with Crippen LogP contribution in [-0.4, -0.2) is 22.8 Å². The molecule has 0 radical (unpaired) electrons. The van der Waals surface area contributed by atoms with Crippen LogP contribution in [0.15, 0.2) is 30.3 Å². The van der Waals surface area contributed by atoms with Crippen molar-refractivity contribution in [2.24, 2.45) is 5.92 Å². The van der Waals surface area contributed by atoms with Gasteiger partial charge in [0.2, 0.25) is 0 Å². The van der Waals surface area contributed by atoms with Crippen LogP contribution in [0.25, 0.3) is 0 Å². The molecule has 2 rings (SSSR count). The van der Waals surface area contributed by atoms with Gasteiger partial charge in [-0.25, -0.2) is 0 Å². The van der Waals surface area contributed by atoms with Crippen LogP contribution < -0.4 is 0 Å². The van der Waals surface area contributed by atoms with Gasteiger partial charge in [-0.3, -0.25) is 4.90 Å². The Bertz CT molecular complexity index is 299. The number of alkyl halides is 1. The largest absolute Gasteiger partial charge is 0.295 e. The third-order valence-electron chi connectivity index (χ3n) is 3.38. The van der Waals surface area contributed by atoms with Crippen LogP contribution in [0.2, 0.25) is 0 Å². The Morgan fingerprint density at radius 1 is 1.33 bits per heavy atom. The summed E-state index contributed by atoms with van der Waals surface area (Å²) in [7, 11) is 0. The van der Waals surface area contributed by atoms with Crippen molar-refractivity contribution in [3.63, 3.8) is 0 Å². The molecule has 0 aliphatic carbocycles. The van der Waals surface area contributed by atoms with Gasteiger partial charge in [0, 0.05) is 17.9 Å². The second-order valence-electron chi connectivity index (χ2n) is 4.44. The van der Waals surface area contributed by atoms with E-state index in [0.29, 0.717) is 6.04 Å². The van der Waals surface area contributed by atoms with Crippen molar-refractivity contribution in [2.45, 2.75) is 25.9 Å². The van der Waals surface area contributed by atoms with Gasteiger partial charge in [0.05, 0.1) is 0 Å². The normalized spacial score (nSPS) is 27.1. The first-order valence-electron chi connectivity index (χ1n) is 5.65. The van der Waals surface area contributed by atoms with Gasteiger partial charge in [-0.1, -0.05) is 53.2 Å². The van der Waals surface area contributed by atoms with Crippen LogP contribution in [0.5, 0.6) is 0 Å². The minimum atomic E-state index is 0.713. The Morgan fingerprint density at radius 2 is 2.07 bits per heavy atom. The fraction of sp³-hybridized carbons (Fsp3) is 0.538. The van der Waals surface area contributed by atoms with Gasteiger partial charge in [0.25, 0.3) is 0 Å². The van der Waals surface area contributed by atoms with E-state index in [1.165, 1.54) is 18.5 Å². The van der Waals surface area contributed by atoms with Crippen molar-refractivity contribution in [3.05, 3.63) is 35.9 Å². The molecule has 1 aliphatic heterocycles. The Labute approximate surface area is 101 Å². The number of halogens is 1. The fourth-order valence-corrected chi connectivity index (χ4v) is 3.40. The third kappa shape index (κ3) is 2.61. The molecule has 1 heterocycles. The highest BCUT2D eigenvalue weighted by atomic mass is 79.9. The molecule has 1 fully saturated rings. The monoisotopic (exact) mass is 267 g/mol. The lowest BCUT2D eigenvalue weighted by Crippen LogP contribution is -2.32. The van der Waals surface area contributed by atoms with Crippen LogP contribution in [0.4, 0.5) is 0 Å². The maximum absolute atomic E-state index is 3.63. The zero-order valence-corrected chi connectivity index (χ0v) is 10.8. The predicted octanol–water partition coefficient (Wildman–Crippen LogP) is 3.29. The van der Waals surface area contributed by atoms with Gasteiger partial charge in [-0.15, -0.1) is 0 Å². The molecule has 1 nitrogen and oxygen atoms in total. The smallest absolute Gasteiger partial charge is 0.0237 e. The Balaban J connectivity index is 2.00. The summed E-state index contributed by atoms with van der Waals surface area (Å²) in [6, 6.07) is 11.5. The molecule has 82 valence electrons. The van der Waals surface area contributed by atoms with E-state index in [0.717, 1.165) is 17.8 Å². The van der Waals surface area contributed by atoms with E-state index in [1.807, 2.05) is 0 Å². The van der Waals surface area contributed by atoms with E-state index >= 15 is 0 Å². The van der Waals surface area contributed by atoms with E-state index in [-0.39, 0.29) is 0 Å². The lowest BCUT2D eigenvalue weighted by atomic mass is 10.1. The maximum Gasteiger partial charge on any atom is 0.0237 e. The molecule has 1 aromatic carbocycles. The Kier molecular flexibility index (Phi) is 3.81. The van der Waals surface area contributed by atoms with Crippen molar-refractivity contribution >= 4 is 15.9 Å². The van der Waals surface area contributed by atoms with Crippen LogP contribution >= 0.6 is 15.9 Å². The number of likely N-dealkylation sites (tertiary alicyclic amines) is 1. The van der Waals surface area contributed by atoms with Gasteiger partial charge in [0.1, 0.15) is 0 Å². The van der Waals surface area contributed by atoms with E-state index in [2.05, 4.69) is 58.1 Å². The molecule has 2 unspecified atom stereocenters. The third-order valence-corrected chi connectivity index (χ3v) is 4.05. The predicted molar refractivity (Wildman–Crippen MR) is 68.2 cm³/mol. The van der Waals surface area contributed by atoms with Crippen molar-refractivity contribution in [1.82, 2.24) is 4.90 Å². The number of hydrogen-bond donors (Lipinski definition) is 0. The summed E-state index contributed by atoms with van der Waals surface area (Å²) in [6.07, 6.45) is 1.34. The zero-order valence-electron chi connectivity index (χ0n) is 9.20. The number of rotatable bonds is 3. The zero-order chi connectivity index (χ0) is 10.7. The summed E-state index contributed by atoms with van der Waals surface area (Å²) < 4.78 is 0. The number of hydrogen-bond acceptors (Lipinski definition) is 1. The molecular weight excluding hydrogens is 250 g/mol. The molecule has 0 aromatic heterocycles. The second kappa shape index (κ2) is 5.13. The molecule has 0 N–H and O–H groups in total. The molecule has 1 saturated heterocycles. The van der Waals surface area contributed by atoms with E-state index in [9.17, 15) is 0 Å². The molecule has 2 atom stereocenters. The first-order chi connectivity index (χ1) is 7.31. The number of benzene rings is 1. The van der Waals surface area contributed by atoms with E-state index in [4.69, 9.17) is 0 Å². The van der Waals surface area contributed by atoms with Crippen molar-refractivity contribution in [1.29, 1.82) is 0 Å². The summed E-state index contributed by atoms with van der Waals surface area (Å²) in [4.78, 5) is 2.59. The Hall–Kier alpha value is -0.340. The molecule has 15 heavy (non-hydrogen) atoms. The SMILES string of the molecule is CC1CCN(Cc2ccccc2)C1CBr. The van der Waals surface area contributed by atoms with Gasteiger partial charge >= 0.3 is 0 Å². The summed E-state index contributed by atoms with van der Waals surface area (Å²) >= 11 is 3.63. The lowest BCUT2D eigenvalue weighted by Gasteiger charge is -2.25. The first kappa shape index (κ1) is 11.2. The first-order valence-corrected chi connectivity index (χ1v) is 6.77. The lowest BCUT2D eigenvalue weighted by molar-refractivity contribution is 0.244. The van der Waals surface area contributed by atoms with Crippen LogP contribution in [0.1, 0.15) is 18.9 Å². The summed E-state index contributed by atoms with van der Waals surface area (Å²) in [5, 5.41) is 1.10. The molecular formula is C13H18BrN. The highest BCUT2D eigenvalue weighted by Crippen LogP contribution is 2.26. The summed E-state index contributed by atoms with van der Waals surface area (Å²) in [5.41, 5.74) is 1.43. The summed E-state index contributed by atoms with van der Waals surface area (Å²) in [5.74, 6) is 0.827. The highest BCUT2D eigenvalue weighted by molar-refractivity contribution is 9.09. The van der Waals surface area contributed by atoms with E-state index < -0.39 is 0 Å². The molecule has 2 heteroatoms. The molecule has 0 bridgehead atoms. The van der Waals surface area contributed by atoms with Gasteiger partial charge < -0.3 is 0 Å². The molecule has 1 aliphatic rings. The van der Waals surface area contributed by atoms with E-state index in [1.54, 1.807) is 0 Å². The van der Waals surface area contributed by atoms with Crippen molar-refractivity contribution < 1.29 is 0 Å². The molecule has 0 amide bonds. The Morgan fingerprint density at radius 3 is 2.73 bits per heavy atom. The maximum atomic E-state index is 3.63. The average molecular weight is 268 g/mol. The van der Waals surface area contributed by atoms with Gasteiger partial charge in [-0.05, 0) is 24.4 Å². The highest BCUT2D eigenvalue weighted by Gasteiger charge is 2.29. The topological polar surface area (TPSA) is 3.24 Å². The molecule has 1 aromatic rings. The van der Waals surface area contributed by atoms with Crippen LogP contribution in [0.3, 0.4) is 0 Å². The van der Waals surface area contributed by atoms with Crippen molar-refractivity contribution in [3.8, 4) is 0 Å². The molecule has 0 spiro atoms. The minimum Gasteiger partial charge on any atom is -0.295 e. The second-order valence-corrected chi connectivity index (χ2v) is 5.09. The number of nitrogens with zero attached hydrogens (tertiary/aromatic N) is 1. The average Bonchev–Trinajstić information content (AvgIpc) is 2.61. The minimum absolute atomic E-state index is 0.713. The standard InChI is InChI=1S/C13H18BrN/c1-11-7-8-15(13(11)9-14)10-12-5-3-2-4-6-12/h2-6,11,13H,7-10H2,1H3. The van der Waals surface area contributed by atoms with Crippen molar-refractivity contribution in [2.75, 3.05) is 11.9 Å². The van der Waals surface area contributed by atoms with Gasteiger partial charge in [0.15, 0.2) is 0 Å². The molecule has 0 saturated carbocycles. The van der Waals surface area contributed by atoms with Crippen LogP contribution in [-0.2, 0) is 6.54 Å². The quantitative estimate of drug-likeness (QED) is 0.760. The van der Waals surface area contributed by atoms with Crippen LogP contribution in [0, 0.1) is 5.92 Å². The fourth-order valence-electron chi connectivity index (χ4n) is 2.35. The summed E-state index contributed by atoms with van der Waals surface area (Å²) in [6.45, 7) is 4.70.